The minimum atomic E-state index is 0.687. The summed E-state index contributed by atoms with van der Waals surface area (Å²) < 4.78 is 10.7. The number of rotatable bonds is 11. The third-order valence-electron chi connectivity index (χ3n) is 3.45. The summed E-state index contributed by atoms with van der Waals surface area (Å²) in [5, 5.41) is 3.58. The SMILES string of the molecule is COCCCOCCN(CC(C)C)CC1CCCN1. The Kier molecular flexibility index (Phi) is 9.43. The molecule has 0 aliphatic carbocycles. The zero-order chi connectivity index (χ0) is 13.9. The normalized spacial score (nSPS) is 19.7. The maximum Gasteiger partial charge on any atom is 0.0593 e. The van der Waals surface area contributed by atoms with Gasteiger partial charge in [0.15, 0.2) is 0 Å². The molecule has 1 unspecified atom stereocenters. The molecule has 0 aromatic heterocycles. The van der Waals surface area contributed by atoms with Gasteiger partial charge in [0.05, 0.1) is 6.61 Å². The van der Waals surface area contributed by atoms with Gasteiger partial charge in [-0.2, -0.15) is 0 Å². The van der Waals surface area contributed by atoms with Crippen molar-refractivity contribution in [3.63, 3.8) is 0 Å². The van der Waals surface area contributed by atoms with Gasteiger partial charge in [0, 0.05) is 46.0 Å². The van der Waals surface area contributed by atoms with Crippen LogP contribution in [-0.2, 0) is 9.47 Å². The Bertz CT molecular complexity index is 206. The number of hydrogen-bond acceptors (Lipinski definition) is 4. The molecule has 0 bridgehead atoms. The summed E-state index contributed by atoms with van der Waals surface area (Å²) in [5.74, 6) is 0.717. The van der Waals surface area contributed by atoms with Gasteiger partial charge in [-0.15, -0.1) is 0 Å². The third-order valence-corrected chi connectivity index (χ3v) is 3.45. The first kappa shape index (κ1) is 16.9. The average Bonchev–Trinajstić information content (AvgIpc) is 2.85. The predicted molar refractivity (Wildman–Crippen MR) is 79.6 cm³/mol. The molecule has 0 amide bonds. The summed E-state index contributed by atoms with van der Waals surface area (Å²) in [7, 11) is 1.74. The Hall–Kier alpha value is -0.160. The first-order chi connectivity index (χ1) is 9.22. The first-order valence-electron chi connectivity index (χ1n) is 7.74. The van der Waals surface area contributed by atoms with Crippen LogP contribution in [0.2, 0.25) is 0 Å². The fraction of sp³-hybridized carbons (Fsp3) is 1.00. The quantitative estimate of drug-likeness (QED) is 0.581. The highest BCUT2D eigenvalue weighted by Crippen LogP contribution is 2.08. The Morgan fingerprint density at radius 3 is 2.74 bits per heavy atom. The number of methoxy groups -OCH3 is 1. The minimum Gasteiger partial charge on any atom is -0.385 e. The fourth-order valence-corrected chi connectivity index (χ4v) is 2.60. The second-order valence-corrected chi connectivity index (χ2v) is 5.91. The summed E-state index contributed by atoms with van der Waals surface area (Å²) in [6.07, 6.45) is 3.64. The van der Waals surface area contributed by atoms with E-state index in [4.69, 9.17) is 9.47 Å². The lowest BCUT2D eigenvalue weighted by Crippen LogP contribution is -2.41. The van der Waals surface area contributed by atoms with Crippen LogP contribution >= 0.6 is 0 Å². The van der Waals surface area contributed by atoms with Crippen molar-refractivity contribution in [2.75, 3.05) is 53.1 Å². The molecule has 0 spiro atoms. The van der Waals surface area contributed by atoms with Crippen molar-refractivity contribution < 1.29 is 9.47 Å². The van der Waals surface area contributed by atoms with Crippen LogP contribution in [0.5, 0.6) is 0 Å². The topological polar surface area (TPSA) is 33.7 Å². The van der Waals surface area contributed by atoms with Crippen LogP contribution in [0.1, 0.15) is 33.1 Å². The van der Waals surface area contributed by atoms with E-state index in [9.17, 15) is 0 Å². The molecule has 1 fully saturated rings. The molecular formula is C15H32N2O2. The van der Waals surface area contributed by atoms with E-state index < -0.39 is 0 Å². The average molecular weight is 272 g/mol. The lowest BCUT2D eigenvalue weighted by molar-refractivity contribution is 0.0788. The van der Waals surface area contributed by atoms with Crippen molar-refractivity contribution in [1.29, 1.82) is 0 Å². The molecule has 114 valence electrons. The second-order valence-electron chi connectivity index (χ2n) is 5.91. The molecule has 1 rings (SSSR count). The van der Waals surface area contributed by atoms with Crippen LogP contribution in [0, 0.1) is 5.92 Å². The Morgan fingerprint density at radius 2 is 2.11 bits per heavy atom. The predicted octanol–water partition coefficient (Wildman–Crippen LogP) is 1.75. The molecule has 4 nitrogen and oxygen atoms in total. The lowest BCUT2D eigenvalue weighted by Gasteiger charge is -2.27. The van der Waals surface area contributed by atoms with Crippen LogP contribution in [0.25, 0.3) is 0 Å². The molecule has 1 aliphatic rings. The molecule has 0 radical (unpaired) electrons. The summed E-state index contributed by atoms with van der Waals surface area (Å²) in [4.78, 5) is 2.55. The van der Waals surface area contributed by atoms with E-state index in [2.05, 4.69) is 24.1 Å². The van der Waals surface area contributed by atoms with Gasteiger partial charge in [-0.1, -0.05) is 13.8 Å². The monoisotopic (exact) mass is 272 g/mol. The summed E-state index contributed by atoms with van der Waals surface area (Å²) in [6.45, 7) is 11.6. The van der Waals surface area contributed by atoms with E-state index in [1.807, 2.05) is 0 Å². The van der Waals surface area contributed by atoms with E-state index in [1.54, 1.807) is 7.11 Å². The van der Waals surface area contributed by atoms with Crippen molar-refractivity contribution in [3.05, 3.63) is 0 Å². The van der Waals surface area contributed by atoms with E-state index in [1.165, 1.54) is 32.5 Å². The minimum absolute atomic E-state index is 0.687. The molecule has 0 aromatic rings. The van der Waals surface area contributed by atoms with Crippen LogP contribution in [0.4, 0.5) is 0 Å². The van der Waals surface area contributed by atoms with Gasteiger partial charge in [0.2, 0.25) is 0 Å². The number of nitrogens with zero attached hydrogens (tertiary/aromatic N) is 1. The molecule has 0 saturated carbocycles. The lowest BCUT2D eigenvalue weighted by atomic mass is 10.1. The van der Waals surface area contributed by atoms with Crippen LogP contribution < -0.4 is 5.32 Å². The van der Waals surface area contributed by atoms with E-state index in [0.717, 1.165) is 38.7 Å². The zero-order valence-corrected chi connectivity index (χ0v) is 13.0. The van der Waals surface area contributed by atoms with Gasteiger partial charge >= 0.3 is 0 Å². The van der Waals surface area contributed by atoms with E-state index >= 15 is 0 Å². The maximum absolute atomic E-state index is 5.67. The third kappa shape index (κ3) is 8.58. The molecule has 4 heteroatoms. The standard InChI is InChI=1S/C15H32N2O2/c1-14(2)12-17(13-15-6-4-7-16-15)8-11-19-10-5-9-18-3/h14-16H,4-13H2,1-3H3. The van der Waals surface area contributed by atoms with Crippen LogP contribution in [-0.4, -0.2) is 64.1 Å². The highest BCUT2D eigenvalue weighted by atomic mass is 16.5. The number of ether oxygens (including phenoxy) is 2. The Labute approximate surface area is 118 Å². The van der Waals surface area contributed by atoms with Crippen molar-refractivity contribution in [3.8, 4) is 0 Å². The number of hydrogen-bond donors (Lipinski definition) is 1. The summed E-state index contributed by atoms with van der Waals surface area (Å²) in [6, 6.07) is 0.687. The molecular weight excluding hydrogens is 240 g/mol. The van der Waals surface area contributed by atoms with E-state index in [0.29, 0.717) is 6.04 Å². The van der Waals surface area contributed by atoms with Gasteiger partial charge in [-0.3, -0.25) is 4.90 Å². The second kappa shape index (κ2) is 10.6. The summed E-state index contributed by atoms with van der Waals surface area (Å²) >= 11 is 0. The molecule has 0 aromatic carbocycles. The van der Waals surface area contributed by atoms with Gasteiger partial charge in [-0.25, -0.2) is 0 Å². The van der Waals surface area contributed by atoms with E-state index in [-0.39, 0.29) is 0 Å². The van der Waals surface area contributed by atoms with Crippen LogP contribution in [0.3, 0.4) is 0 Å². The zero-order valence-electron chi connectivity index (χ0n) is 13.0. The molecule has 1 saturated heterocycles. The molecule has 1 aliphatic heterocycles. The Morgan fingerprint density at radius 1 is 1.26 bits per heavy atom. The maximum atomic E-state index is 5.67. The largest absolute Gasteiger partial charge is 0.385 e. The fourth-order valence-electron chi connectivity index (χ4n) is 2.60. The number of nitrogens with one attached hydrogen (secondary N) is 1. The Balaban J connectivity index is 2.13. The van der Waals surface area contributed by atoms with Crippen molar-refractivity contribution in [2.45, 2.75) is 39.2 Å². The molecule has 19 heavy (non-hydrogen) atoms. The van der Waals surface area contributed by atoms with Crippen molar-refractivity contribution in [1.82, 2.24) is 10.2 Å². The molecule has 1 N–H and O–H groups in total. The van der Waals surface area contributed by atoms with Gasteiger partial charge < -0.3 is 14.8 Å². The van der Waals surface area contributed by atoms with Crippen molar-refractivity contribution in [2.24, 2.45) is 5.92 Å². The smallest absolute Gasteiger partial charge is 0.0593 e. The molecule has 1 atom stereocenters. The summed E-state index contributed by atoms with van der Waals surface area (Å²) in [5.41, 5.74) is 0. The highest BCUT2D eigenvalue weighted by molar-refractivity contribution is 4.78. The van der Waals surface area contributed by atoms with Crippen LogP contribution in [0.15, 0.2) is 0 Å². The van der Waals surface area contributed by atoms with Gasteiger partial charge in [0.1, 0.15) is 0 Å². The molecule has 1 heterocycles. The van der Waals surface area contributed by atoms with Crippen molar-refractivity contribution >= 4 is 0 Å². The van der Waals surface area contributed by atoms with Gasteiger partial charge in [-0.05, 0) is 31.7 Å². The first-order valence-corrected chi connectivity index (χ1v) is 7.74. The highest BCUT2D eigenvalue weighted by Gasteiger charge is 2.18. The van der Waals surface area contributed by atoms with Gasteiger partial charge in [0.25, 0.3) is 0 Å².